The van der Waals surface area contributed by atoms with E-state index in [0.29, 0.717) is 45.2 Å². The highest BCUT2D eigenvalue weighted by Crippen LogP contribution is 2.39. The van der Waals surface area contributed by atoms with Crippen LogP contribution in [0.2, 0.25) is 5.02 Å². The fraction of sp³-hybridized carbons (Fsp3) is 0.227. The average molecular weight is 456 g/mol. The molecule has 1 atom stereocenters. The van der Waals surface area contributed by atoms with Crippen LogP contribution in [0, 0.1) is 0 Å². The van der Waals surface area contributed by atoms with E-state index < -0.39 is 6.04 Å². The van der Waals surface area contributed by atoms with Gasteiger partial charge < -0.3 is 24.8 Å². The summed E-state index contributed by atoms with van der Waals surface area (Å²) >= 11 is 6.20. The van der Waals surface area contributed by atoms with E-state index in [1.54, 1.807) is 23.9 Å². The van der Waals surface area contributed by atoms with Crippen molar-refractivity contribution in [2.24, 2.45) is 0 Å². The molecule has 0 radical (unpaired) electrons. The highest BCUT2D eigenvalue weighted by molar-refractivity contribution is 6.32. The Kier molecular flexibility index (Phi) is 5.91. The summed E-state index contributed by atoms with van der Waals surface area (Å²) in [6.45, 7) is 1.82. The first-order valence-electron chi connectivity index (χ1n) is 9.71. The maximum Gasteiger partial charge on any atom is 0.255 e. The van der Waals surface area contributed by atoms with Gasteiger partial charge in [-0.2, -0.15) is 10.1 Å². The van der Waals surface area contributed by atoms with Gasteiger partial charge >= 0.3 is 0 Å². The smallest absolute Gasteiger partial charge is 0.255 e. The Bertz CT molecular complexity index is 1210. The molecule has 0 saturated carbocycles. The molecule has 3 aromatic rings. The van der Waals surface area contributed by atoms with Crippen LogP contribution in [0.1, 0.15) is 18.5 Å². The van der Waals surface area contributed by atoms with Gasteiger partial charge in [-0.1, -0.05) is 23.7 Å². The van der Waals surface area contributed by atoms with E-state index >= 15 is 0 Å². The highest BCUT2D eigenvalue weighted by Gasteiger charge is 2.34. The number of carbonyl (C=O) groups is 1. The van der Waals surface area contributed by atoms with Crippen molar-refractivity contribution < 1.29 is 19.0 Å². The fourth-order valence-electron chi connectivity index (χ4n) is 3.65. The van der Waals surface area contributed by atoms with Gasteiger partial charge in [-0.05, 0) is 24.6 Å². The number of methoxy groups -OCH3 is 3. The van der Waals surface area contributed by atoms with Gasteiger partial charge in [0.25, 0.3) is 5.91 Å². The molecule has 0 aliphatic carbocycles. The Morgan fingerprint density at radius 2 is 1.91 bits per heavy atom. The lowest BCUT2D eigenvalue weighted by Gasteiger charge is -2.29. The number of anilines is 2. The zero-order valence-corrected chi connectivity index (χ0v) is 18.7. The lowest BCUT2D eigenvalue weighted by molar-refractivity contribution is -0.113. The lowest BCUT2D eigenvalue weighted by atomic mass is 9.94. The zero-order chi connectivity index (χ0) is 22.8. The van der Waals surface area contributed by atoms with E-state index in [2.05, 4.69) is 20.7 Å². The van der Waals surface area contributed by atoms with Gasteiger partial charge in [0.05, 0.1) is 37.6 Å². The van der Waals surface area contributed by atoms with E-state index in [-0.39, 0.29) is 5.91 Å². The number of carbonyl (C=O) groups excluding carboxylic acids is 1. The van der Waals surface area contributed by atoms with Gasteiger partial charge in [-0.15, -0.1) is 0 Å². The first-order chi connectivity index (χ1) is 15.5. The second-order valence-corrected chi connectivity index (χ2v) is 7.42. The predicted octanol–water partition coefficient (Wildman–Crippen LogP) is 3.88. The van der Waals surface area contributed by atoms with Crippen LogP contribution in [0.25, 0.3) is 0 Å². The van der Waals surface area contributed by atoms with Gasteiger partial charge in [0.15, 0.2) is 0 Å². The molecule has 0 spiro atoms. The number of allylic oxidation sites excluding steroid dienone is 1. The summed E-state index contributed by atoms with van der Waals surface area (Å²) in [6.07, 6.45) is 1.44. The maximum atomic E-state index is 13.6. The van der Waals surface area contributed by atoms with Crippen LogP contribution in [0.5, 0.6) is 17.2 Å². The van der Waals surface area contributed by atoms with Crippen LogP contribution >= 0.6 is 11.6 Å². The van der Waals surface area contributed by atoms with Crippen LogP contribution in [0.4, 0.5) is 11.6 Å². The SMILES string of the molecule is COc1cccc([C@@H]2C(C(=O)Nc3cc(OC)c(Cl)cc3OC)=C(C)Nc3ncnn32)c1. The summed E-state index contributed by atoms with van der Waals surface area (Å²) < 4.78 is 17.7. The molecule has 2 heterocycles. The molecule has 0 unspecified atom stereocenters. The number of fused-ring (bicyclic) bond motifs is 1. The predicted molar refractivity (Wildman–Crippen MR) is 121 cm³/mol. The van der Waals surface area contributed by atoms with Gasteiger partial charge in [0, 0.05) is 17.8 Å². The quantitative estimate of drug-likeness (QED) is 0.581. The summed E-state index contributed by atoms with van der Waals surface area (Å²) in [5.74, 6) is 1.69. The van der Waals surface area contributed by atoms with Crippen molar-refractivity contribution in [2.75, 3.05) is 32.0 Å². The summed E-state index contributed by atoms with van der Waals surface area (Å²) in [4.78, 5) is 17.8. The van der Waals surface area contributed by atoms with Crippen molar-refractivity contribution in [1.82, 2.24) is 14.8 Å². The lowest BCUT2D eigenvalue weighted by Crippen LogP contribution is -2.31. The third kappa shape index (κ3) is 3.82. The van der Waals surface area contributed by atoms with Crippen LogP contribution in [-0.2, 0) is 4.79 Å². The normalized spacial score (nSPS) is 15.0. The second-order valence-electron chi connectivity index (χ2n) is 7.01. The Morgan fingerprint density at radius 1 is 1.12 bits per heavy atom. The molecular weight excluding hydrogens is 434 g/mol. The topological polar surface area (TPSA) is 99.5 Å². The van der Waals surface area contributed by atoms with Crippen molar-refractivity contribution in [3.8, 4) is 17.2 Å². The molecule has 0 saturated heterocycles. The Hall–Kier alpha value is -3.72. The minimum atomic E-state index is -0.524. The van der Waals surface area contributed by atoms with Gasteiger partial charge in [-0.25, -0.2) is 4.68 Å². The average Bonchev–Trinajstić information content (AvgIpc) is 3.26. The number of ether oxygens (including phenoxy) is 3. The molecule has 2 aromatic carbocycles. The fourth-order valence-corrected chi connectivity index (χ4v) is 3.88. The molecule has 1 amide bonds. The number of rotatable bonds is 6. The Balaban J connectivity index is 1.77. The number of nitrogens with one attached hydrogen (secondary N) is 2. The molecule has 166 valence electrons. The molecule has 4 rings (SSSR count). The van der Waals surface area contributed by atoms with E-state index in [4.69, 9.17) is 25.8 Å². The van der Waals surface area contributed by atoms with Crippen LogP contribution in [0.3, 0.4) is 0 Å². The van der Waals surface area contributed by atoms with Crippen LogP contribution < -0.4 is 24.8 Å². The largest absolute Gasteiger partial charge is 0.497 e. The third-order valence-corrected chi connectivity index (χ3v) is 5.47. The van der Waals surface area contributed by atoms with Crippen molar-refractivity contribution in [3.63, 3.8) is 0 Å². The monoisotopic (exact) mass is 455 g/mol. The minimum absolute atomic E-state index is 0.341. The van der Waals surface area contributed by atoms with E-state index in [1.807, 2.05) is 31.2 Å². The highest BCUT2D eigenvalue weighted by atomic mass is 35.5. The van der Waals surface area contributed by atoms with Gasteiger partial charge in [0.2, 0.25) is 5.95 Å². The molecule has 10 heteroatoms. The number of amides is 1. The van der Waals surface area contributed by atoms with Gasteiger partial charge in [-0.3, -0.25) is 4.79 Å². The maximum absolute atomic E-state index is 13.6. The molecule has 2 N–H and O–H groups in total. The van der Waals surface area contributed by atoms with Crippen molar-refractivity contribution >= 4 is 29.1 Å². The number of hydrogen-bond acceptors (Lipinski definition) is 7. The molecule has 0 fully saturated rings. The van der Waals surface area contributed by atoms with Crippen molar-refractivity contribution in [2.45, 2.75) is 13.0 Å². The van der Waals surface area contributed by atoms with Crippen molar-refractivity contribution in [3.05, 3.63) is 64.6 Å². The molecule has 1 aromatic heterocycles. The molecule has 9 nitrogen and oxygen atoms in total. The number of benzene rings is 2. The molecular formula is C22H22ClN5O4. The first-order valence-corrected chi connectivity index (χ1v) is 10.1. The van der Waals surface area contributed by atoms with Crippen LogP contribution in [0.15, 0.2) is 54.0 Å². The first kappa shape index (κ1) is 21.5. The summed E-state index contributed by atoms with van der Waals surface area (Å²) in [5, 5.41) is 10.8. The third-order valence-electron chi connectivity index (χ3n) is 5.17. The molecule has 0 bridgehead atoms. The summed E-state index contributed by atoms with van der Waals surface area (Å²) in [7, 11) is 4.60. The molecule has 32 heavy (non-hydrogen) atoms. The van der Waals surface area contributed by atoms with Crippen molar-refractivity contribution in [1.29, 1.82) is 0 Å². The van der Waals surface area contributed by atoms with Crippen LogP contribution in [-0.4, -0.2) is 42.0 Å². The van der Waals surface area contributed by atoms with Gasteiger partial charge in [0.1, 0.15) is 29.6 Å². The summed E-state index contributed by atoms with van der Waals surface area (Å²) in [6, 6.07) is 10.2. The number of hydrogen-bond donors (Lipinski definition) is 2. The van der Waals surface area contributed by atoms with E-state index in [0.717, 1.165) is 5.56 Å². The summed E-state index contributed by atoms with van der Waals surface area (Å²) in [5.41, 5.74) is 2.36. The Labute approximate surface area is 190 Å². The van der Waals surface area contributed by atoms with E-state index in [9.17, 15) is 4.79 Å². The standard InChI is InChI=1S/C22H22ClN5O4/c1-12-19(21(29)27-16-10-17(31-3)15(23)9-18(16)32-4)20(28-22(26-12)24-11-25-28)13-6-5-7-14(8-13)30-2/h5-11,20H,1-4H3,(H,27,29)(H,24,25,26)/t20-/m1/s1. The number of nitrogens with zero attached hydrogens (tertiary/aromatic N) is 3. The second kappa shape index (κ2) is 8.80. The molecule has 1 aliphatic heterocycles. The minimum Gasteiger partial charge on any atom is -0.497 e. The Morgan fingerprint density at radius 3 is 2.62 bits per heavy atom. The number of halogens is 1. The molecule has 1 aliphatic rings. The van der Waals surface area contributed by atoms with E-state index in [1.165, 1.54) is 20.5 Å². The number of aromatic nitrogens is 3. The zero-order valence-electron chi connectivity index (χ0n) is 18.0.